The van der Waals surface area contributed by atoms with Crippen molar-refractivity contribution in [2.45, 2.75) is 50.6 Å². The first-order valence-electron chi connectivity index (χ1n) is 7.10. The lowest BCUT2D eigenvalue weighted by molar-refractivity contribution is -0.142. The van der Waals surface area contributed by atoms with Crippen molar-refractivity contribution in [3.63, 3.8) is 0 Å². The van der Waals surface area contributed by atoms with Gasteiger partial charge in [-0.2, -0.15) is 0 Å². The van der Waals surface area contributed by atoms with Crippen LogP contribution in [-0.4, -0.2) is 18.6 Å². The fourth-order valence-electron chi connectivity index (χ4n) is 2.88. The Labute approximate surface area is 115 Å². The predicted molar refractivity (Wildman–Crippen MR) is 75.7 cm³/mol. The zero-order valence-corrected chi connectivity index (χ0v) is 11.7. The van der Waals surface area contributed by atoms with Crippen molar-refractivity contribution in [2.75, 3.05) is 7.11 Å². The van der Waals surface area contributed by atoms with Gasteiger partial charge in [0, 0.05) is 12.1 Å². The van der Waals surface area contributed by atoms with Gasteiger partial charge in [-0.3, -0.25) is 4.79 Å². The minimum absolute atomic E-state index is 0.0683. The minimum Gasteiger partial charge on any atom is -0.469 e. The molecule has 0 bridgehead atoms. The average Bonchev–Trinajstić information content (AvgIpc) is 2.47. The van der Waals surface area contributed by atoms with Crippen LogP contribution >= 0.6 is 0 Å². The molecule has 0 unspecified atom stereocenters. The van der Waals surface area contributed by atoms with Gasteiger partial charge in [-0.15, -0.1) is 0 Å². The molecular weight excluding hydrogens is 238 g/mol. The van der Waals surface area contributed by atoms with Crippen molar-refractivity contribution in [1.29, 1.82) is 0 Å². The number of hydrogen-bond donors (Lipinski definition) is 1. The summed E-state index contributed by atoms with van der Waals surface area (Å²) >= 11 is 0. The van der Waals surface area contributed by atoms with Crippen LogP contribution in [-0.2, 0) is 16.1 Å². The largest absolute Gasteiger partial charge is 0.469 e. The molecule has 0 atom stereocenters. The van der Waals surface area contributed by atoms with E-state index in [2.05, 4.69) is 17.4 Å². The highest BCUT2D eigenvalue weighted by Crippen LogP contribution is 2.31. The number of hydrogen-bond acceptors (Lipinski definition) is 3. The second-order valence-electron chi connectivity index (χ2n) is 5.43. The lowest BCUT2D eigenvalue weighted by Crippen LogP contribution is -2.48. The molecule has 2 rings (SSSR count). The lowest BCUT2D eigenvalue weighted by atomic mass is 9.79. The Morgan fingerprint density at radius 2 is 1.89 bits per heavy atom. The van der Waals surface area contributed by atoms with E-state index in [0.29, 0.717) is 6.42 Å². The number of ether oxygens (including phenoxy) is 1. The van der Waals surface area contributed by atoms with E-state index < -0.39 is 0 Å². The minimum atomic E-state index is -0.109. The summed E-state index contributed by atoms with van der Waals surface area (Å²) in [7, 11) is 1.47. The first-order valence-corrected chi connectivity index (χ1v) is 7.10. The first-order chi connectivity index (χ1) is 9.24. The molecular formula is C16H23NO2. The van der Waals surface area contributed by atoms with E-state index in [1.807, 2.05) is 18.2 Å². The molecule has 0 saturated heterocycles. The molecule has 104 valence electrons. The van der Waals surface area contributed by atoms with Crippen molar-refractivity contribution < 1.29 is 9.53 Å². The Bertz CT molecular complexity index is 396. The molecule has 1 saturated carbocycles. The SMILES string of the molecule is COC(=O)CC1(NCc2ccccc2)CCCCC1. The van der Waals surface area contributed by atoms with Crippen LogP contribution < -0.4 is 5.32 Å². The van der Waals surface area contributed by atoms with Crippen molar-refractivity contribution >= 4 is 5.97 Å². The zero-order valence-electron chi connectivity index (χ0n) is 11.7. The van der Waals surface area contributed by atoms with Crippen LogP contribution in [0, 0.1) is 0 Å². The summed E-state index contributed by atoms with van der Waals surface area (Å²) in [6.07, 6.45) is 6.27. The molecule has 1 fully saturated rings. The number of nitrogens with one attached hydrogen (secondary N) is 1. The number of esters is 1. The summed E-state index contributed by atoms with van der Waals surface area (Å²) < 4.78 is 4.85. The van der Waals surface area contributed by atoms with Crippen LogP contribution in [0.3, 0.4) is 0 Å². The van der Waals surface area contributed by atoms with Gasteiger partial charge >= 0.3 is 5.97 Å². The van der Waals surface area contributed by atoms with Gasteiger partial charge in [0.25, 0.3) is 0 Å². The maximum atomic E-state index is 11.6. The Kier molecular flexibility index (Phi) is 4.97. The van der Waals surface area contributed by atoms with E-state index in [9.17, 15) is 4.79 Å². The molecule has 0 aliphatic heterocycles. The third-order valence-corrected chi connectivity index (χ3v) is 4.03. The van der Waals surface area contributed by atoms with E-state index in [-0.39, 0.29) is 11.5 Å². The molecule has 0 radical (unpaired) electrons. The summed E-state index contributed by atoms with van der Waals surface area (Å²) in [4.78, 5) is 11.6. The molecule has 0 aromatic heterocycles. The fourth-order valence-corrected chi connectivity index (χ4v) is 2.88. The van der Waals surface area contributed by atoms with Crippen molar-refractivity contribution in [1.82, 2.24) is 5.32 Å². The van der Waals surface area contributed by atoms with Gasteiger partial charge in [0.15, 0.2) is 0 Å². The molecule has 0 amide bonds. The molecule has 3 nitrogen and oxygen atoms in total. The van der Waals surface area contributed by atoms with Crippen LogP contribution in [0.5, 0.6) is 0 Å². The van der Waals surface area contributed by atoms with Crippen LogP contribution in [0.15, 0.2) is 30.3 Å². The van der Waals surface area contributed by atoms with Gasteiger partial charge in [-0.05, 0) is 18.4 Å². The van der Waals surface area contributed by atoms with E-state index in [1.54, 1.807) is 0 Å². The van der Waals surface area contributed by atoms with Gasteiger partial charge in [0.2, 0.25) is 0 Å². The van der Waals surface area contributed by atoms with Crippen LogP contribution in [0.4, 0.5) is 0 Å². The summed E-state index contributed by atoms with van der Waals surface area (Å²) in [5.41, 5.74) is 1.19. The number of carbonyl (C=O) groups is 1. The normalized spacial score (nSPS) is 17.9. The zero-order chi connectivity index (χ0) is 13.6. The average molecular weight is 261 g/mol. The first kappa shape index (κ1) is 14.1. The van der Waals surface area contributed by atoms with E-state index in [0.717, 1.165) is 19.4 Å². The molecule has 19 heavy (non-hydrogen) atoms. The smallest absolute Gasteiger partial charge is 0.307 e. The monoisotopic (exact) mass is 261 g/mol. The van der Waals surface area contributed by atoms with Gasteiger partial charge in [-0.1, -0.05) is 49.6 Å². The molecule has 1 aliphatic carbocycles. The highest BCUT2D eigenvalue weighted by Gasteiger charge is 2.34. The number of rotatable bonds is 5. The number of carbonyl (C=O) groups excluding carboxylic acids is 1. The molecule has 3 heteroatoms. The highest BCUT2D eigenvalue weighted by atomic mass is 16.5. The van der Waals surface area contributed by atoms with Gasteiger partial charge < -0.3 is 10.1 Å². The summed E-state index contributed by atoms with van der Waals surface area (Å²) in [6.45, 7) is 0.817. The van der Waals surface area contributed by atoms with E-state index >= 15 is 0 Å². The highest BCUT2D eigenvalue weighted by molar-refractivity contribution is 5.70. The Morgan fingerprint density at radius 1 is 1.21 bits per heavy atom. The fraction of sp³-hybridized carbons (Fsp3) is 0.562. The van der Waals surface area contributed by atoms with Gasteiger partial charge in [-0.25, -0.2) is 0 Å². The summed E-state index contributed by atoms with van der Waals surface area (Å²) in [5, 5.41) is 3.62. The molecule has 1 aromatic rings. The molecule has 0 heterocycles. The topological polar surface area (TPSA) is 38.3 Å². The Morgan fingerprint density at radius 3 is 2.53 bits per heavy atom. The molecule has 0 spiro atoms. The number of benzene rings is 1. The van der Waals surface area contributed by atoms with Crippen molar-refractivity contribution in [3.8, 4) is 0 Å². The second-order valence-corrected chi connectivity index (χ2v) is 5.43. The summed E-state index contributed by atoms with van der Waals surface area (Å²) in [6, 6.07) is 10.3. The lowest BCUT2D eigenvalue weighted by Gasteiger charge is -2.37. The predicted octanol–water partition coefficient (Wildman–Crippen LogP) is 3.04. The van der Waals surface area contributed by atoms with Gasteiger partial charge in [0.1, 0.15) is 0 Å². The maximum Gasteiger partial charge on any atom is 0.307 e. The van der Waals surface area contributed by atoms with Crippen LogP contribution in [0.1, 0.15) is 44.1 Å². The maximum absolute atomic E-state index is 11.6. The van der Waals surface area contributed by atoms with Crippen molar-refractivity contribution in [2.24, 2.45) is 0 Å². The van der Waals surface area contributed by atoms with Gasteiger partial charge in [0.05, 0.1) is 13.5 Å². The van der Waals surface area contributed by atoms with E-state index in [4.69, 9.17) is 4.74 Å². The third-order valence-electron chi connectivity index (χ3n) is 4.03. The quantitative estimate of drug-likeness (QED) is 0.828. The molecule has 1 N–H and O–H groups in total. The standard InChI is InChI=1S/C16H23NO2/c1-19-15(18)12-16(10-6-3-7-11-16)17-13-14-8-4-2-5-9-14/h2,4-5,8-9,17H,3,6-7,10-13H2,1H3. The van der Waals surface area contributed by atoms with Crippen LogP contribution in [0.2, 0.25) is 0 Å². The van der Waals surface area contributed by atoms with Crippen LogP contribution in [0.25, 0.3) is 0 Å². The molecule has 1 aromatic carbocycles. The third kappa shape index (κ3) is 4.06. The second kappa shape index (κ2) is 6.71. The Balaban J connectivity index is 1.99. The van der Waals surface area contributed by atoms with Crippen molar-refractivity contribution in [3.05, 3.63) is 35.9 Å². The summed E-state index contributed by atoms with van der Waals surface area (Å²) in [5.74, 6) is -0.109. The Hall–Kier alpha value is -1.35. The number of methoxy groups -OCH3 is 1. The molecule has 1 aliphatic rings. The van der Waals surface area contributed by atoms with E-state index in [1.165, 1.54) is 31.9 Å².